The maximum atomic E-state index is 13.1. The average Bonchev–Trinajstić information content (AvgIpc) is 3.16. The topological polar surface area (TPSA) is 119 Å². The van der Waals surface area contributed by atoms with Crippen molar-refractivity contribution in [1.82, 2.24) is 20.1 Å². The molecule has 176 valence electrons. The summed E-state index contributed by atoms with van der Waals surface area (Å²) in [5.74, 6) is 0.610. The van der Waals surface area contributed by atoms with E-state index in [1.165, 1.54) is 11.9 Å². The third-order valence-corrected chi connectivity index (χ3v) is 7.17. The highest BCUT2D eigenvalue weighted by atomic mass is 16.2. The lowest BCUT2D eigenvalue weighted by Gasteiger charge is -2.37. The number of aromatic nitrogens is 1. The molecule has 4 heterocycles. The number of nitrogens with two attached hydrogens (primary N) is 1. The normalized spacial score (nSPS) is 20.8. The minimum atomic E-state index is 0.0614. The highest BCUT2D eigenvalue weighted by molar-refractivity contribution is 5.99. The highest BCUT2D eigenvalue weighted by Crippen LogP contribution is 2.33. The number of hydrogen-bond acceptors (Lipinski definition) is 7. The summed E-state index contributed by atoms with van der Waals surface area (Å²) in [4.78, 5) is 35.3. The van der Waals surface area contributed by atoms with Crippen molar-refractivity contribution in [3.63, 3.8) is 0 Å². The van der Waals surface area contributed by atoms with Crippen molar-refractivity contribution in [1.29, 1.82) is 5.26 Å². The molecule has 9 nitrogen and oxygen atoms in total. The summed E-state index contributed by atoms with van der Waals surface area (Å²) in [5.41, 5.74) is 11.6. The molecule has 1 atom stereocenters. The first kappa shape index (κ1) is 22.2. The number of nitrogen functional groups attached to an aromatic ring is 1. The van der Waals surface area contributed by atoms with Crippen molar-refractivity contribution >= 4 is 23.3 Å². The lowest BCUT2D eigenvalue weighted by Crippen LogP contribution is -2.48. The molecule has 3 aliphatic rings. The van der Waals surface area contributed by atoms with Crippen LogP contribution in [0.2, 0.25) is 0 Å². The maximum Gasteiger partial charge on any atom is 0.254 e. The number of benzene rings is 1. The van der Waals surface area contributed by atoms with Crippen LogP contribution in [-0.4, -0.2) is 65.4 Å². The van der Waals surface area contributed by atoms with Crippen LogP contribution >= 0.6 is 0 Å². The third-order valence-electron chi connectivity index (χ3n) is 7.17. The predicted molar refractivity (Wildman–Crippen MR) is 128 cm³/mol. The van der Waals surface area contributed by atoms with E-state index >= 15 is 0 Å². The zero-order valence-electron chi connectivity index (χ0n) is 19.4. The number of amides is 2. The molecule has 3 N–H and O–H groups in total. The number of aryl methyl sites for hydroxylation is 1. The molecule has 3 aliphatic heterocycles. The van der Waals surface area contributed by atoms with E-state index in [9.17, 15) is 9.59 Å². The van der Waals surface area contributed by atoms with Crippen molar-refractivity contribution in [3.8, 4) is 6.07 Å². The number of nitrogens with one attached hydrogen (secondary N) is 1. The summed E-state index contributed by atoms with van der Waals surface area (Å²) in [7, 11) is 0. The summed E-state index contributed by atoms with van der Waals surface area (Å²) in [6, 6.07) is 8.21. The SMILES string of the molecule is Cc1cc2c(cc1N1CCN(Cc3cc(C#N)cnc3N)CC1)CN(C1CCC(=O)NC1)C2=O. The number of piperidine rings is 1. The number of carbonyl (C=O) groups is 2. The fourth-order valence-corrected chi connectivity index (χ4v) is 5.20. The van der Waals surface area contributed by atoms with Crippen LogP contribution in [0.25, 0.3) is 0 Å². The first-order valence-corrected chi connectivity index (χ1v) is 11.8. The molecule has 5 rings (SSSR count). The van der Waals surface area contributed by atoms with Gasteiger partial charge < -0.3 is 20.9 Å². The molecular formula is C25H29N7O2. The van der Waals surface area contributed by atoms with Crippen LogP contribution in [0.15, 0.2) is 24.4 Å². The van der Waals surface area contributed by atoms with Gasteiger partial charge in [0, 0.05) is 75.2 Å². The quantitative estimate of drug-likeness (QED) is 0.709. The average molecular weight is 460 g/mol. The van der Waals surface area contributed by atoms with Crippen LogP contribution in [0.4, 0.5) is 11.5 Å². The van der Waals surface area contributed by atoms with Gasteiger partial charge in [0.05, 0.1) is 11.6 Å². The molecule has 34 heavy (non-hydrogen) atoms. The second-order valence-corrected chi connectivity index (χ2v) is 9.37. The molecule has 2 amide bonds. The van der Waals surface area contributed by atoms with Gasteiger partial charge in [0.25, 0.3) is 5.91 Å². The number of carbonyl (C=O) groups excluding carboxylic acids is 2. The van der Waals surface area contributed by atoms with E-state index in [0.29, 0.717) is 37.4 Å². The van der Waals surface area contributed by atoms with Crippen LogP contribution in [0.5, 0.6) is 0 Å². The Morgan fingerprint density at radius 2 is 2.00 bits per heavy atom. The molecule has 1 aromatic heterocycles. The summed E-state index contributed by atoms with van der Waals surface area (Å²) >= 11 is 0. The zero-order chi connectivity index (χ0) is 23.8. The molecule has 0 saturated carbocycles. The van der Waals surface area contributed by atoms with Gasteiger partial charge in [-0.1, -0.05) is 0 Å². The molecule has 0 radical (unpaired) electrons. The Kier molecular flexibility index (Phi) is 5.84. The van der Waals surface area contributed by atoms with Gasteiger partial charge in [-0.2, -0.15) is 5.26 Å². The standard InChI is InChI=1S/C25H29N7O2/c1-16-8-21-18(15-32(25(21)34)20-2-3-23(33)28-13-20)10-22(16)31-6-4-30(5-7-31)14-19-9-17(11-26)12-29-24(19)27/h8-10,12,20H,2-7,13-15H2,1H3,(H2,27,29)(H,28,33). The third kappa shape index (κ3) is 4.17. The van der Waals surface area contributed by atoms with Gasteiger partial charge in [0.15, 0.2) is 0 Å². The van der Waals surface area contributed by atoms with Crippen LogP contribution in [0.1, 0.15) is 45.5 Å². The monoisotopic (exact) mass is 459 g/mol. The Morgan fingerprint density at radius 3 is 2.71 bits per heavy atom. The van der Waals surface area contributed by atoms with E-state index in [0.717, 1.165) is 54.9 Å². The van der Waals surface area contributed by atoms with E-state index in [1.807, 2.05) is 17.0 Å². The van der Waals surface area contributed by atoms with Crippen molar-refractivity contribution in [3.05, 3.63) is 52.2 Å². The minimum Gasteiger partial charge on any atom is -0.383 e. The van der Waals surface area contributed by atoms with Gasteiger partial charge in [-0.3, -0.25) is 14.5 Å². The van der Waals surface area contributed by atoms with Gasteiger partial charge in [-0.05, 0) is 42.7 Å². The largest absolute Gasteiger partial charge is 0.383 e. The van der Waals surface area contributed by atoms with Gasteiger partial charge in [0.1, 0.15) is 11.9 Å². The second-order valence-electron chi connectivity index (χ2n) is 9.37. The van der Waals surface area contributed by atoms with E-state index < -0.39 is 0 Å². The van der Waals surface area contributed by atoms with Gasteiger partial charge in [-0.15, -0.1) is 0 Å². The molecule has 9 heteroatoms. The number of fused-ring (bicyclic) bond motifs is 1. The minimum absolute atomic E-state index is 0.0614. The summed E-state index contributed by atoms with van der Waals surface area (Å²) in [6.07, 6.45) is 2.70. The smallest absolute Gasteiger partial charge is 0.254 e. The van der Waals surface area contributed by atoms with Gasteiger partial charge >= 0.3 is 0 Å². The Morgan fingerprint density at radius 1 is 1.21 bits per heavy atom. The number of anilines is 2. The lowest BCUT2D eigenvalue weighted by atomic mass is 10.0. The number of nitriles is 1. The van der Waals surface area contributed by atoms with E-state index in [-0.39, 0.29) is 17.9 Å². The summed E-state index contributed by atoms with van der Waals surface area (Å²) in [5, 5.41) is 12.0. The predicted octanol–water partition coefficient (Wildman–Crippen LogP) is 1.40. The maximum absolute atomic E-state index is 13.1. The van der Waals surface area contributed by atoms with E-state index in [2.05, 4.69) is 39.2 Å². The number of nitrogens with zero attached hydrogens (tertiary/aromatic N) is 5. The molecule has 0 aliphatic carbocycles. The molecular weight excluding hydrogens is 430 g/mol. The molecule has 0 spiro atoms. The van der Waals surface area contributed by atoms with Crippen molar-refractivity contribution in [2.75, 3.05) is 43.4 Å². The van der Waals surface area contributed by atoms with Crippen LogP contribution in [0.3, 0.4) is 0 Å². The van der Waals surface area contributed by atoms with Crippen LogP contribution in [-0.2, 0) is 17.9 Å². The first-order chi connectivity index (χ1) is 16.4. The fraction of sp³-hybridized carbons (Fsp3) is 0.440. The molecule has 0 bridgehead atoms. The summed E-state index contributed by atoms with van der Waals surface area (Å²) in [6.45, 7) is 7.37. The Balaban J connectivity index is 1.25. The number of pyridine rings is 1. The number of rotatable bonds is 4. The fourth-order valence-electron chi connectivity index (χ4n) is 5.20. The molecule has 2 fully saturated rings. The van der Waals surface area contributed by atoms with E-state index in [1.54, 1.807) is 0 Å². The number of hydrogen-bond donors (Lipinski definition) is 2. The second kappa shape index (κ2) is 8.95. The molecule has 2 aromatic rings. The van der Waals surface area contributed by atoms with Crippen LogP contribution < -0.4 is 16.0 Å². The van der Waals surface area contributed by atoms with Crippen LogP contribution in [0, 0.1) is 18.3 Å². The van der Waals surface area contributed by atoms with Crippen molar-refractivity contribution in [2.24, 2.45) is 0 Å². The lowest BCUT2D eigenvalue weighted by molar-refractivity contribution is -0.123. The Labute approximate surface area is 199 Å². The van der Waals surface area contributed by atoms with E-state index in [4.69, 9.17) is 11.0 Å². The number of piperazine rings is 1. The van der Waals surface area contributed by atoms with Crippen molar-refractivity contribution < 1.29 is 9.59 Å². The highest BCUT2D eigenvalue weighted by Gasteiger charge is 2.35. The van der Waals surface area contributed by atoms with Crippen molar-refractivity contribution in [2.45, 2.75) is 38.9 Å². The molecule has 2 saturated heterocycles. The van der Waals surface area contributed by atoms with Gasteiger partial charge in [0.2, 0.25) is 5.91 Å². The van der Waals surface area contributed by atoms with Gasteiger partial charge in [-0.25, -0.2) is 4.98 Å². The zero-order valence-corrected chi connectivity index (χ0v) is 19.4. The molecule has 1 unspecified atom stereocenters. The first-order valence-electron chi connectivity index (χ1n) is 11.8. The Hall–Kier alpha value is -3.64. The molecule has 1 aromatic carbocycles. The summed E-state index contributed by atoms with van der Waals surface area (Å²) < 4.78 is 0. The Bertz CT molecular complexity index is 1170.